The van der Waals surface area contributed by atoms with Crippen LogP contribution in [0.3, 0.4) is 0 Å². The summed E-state index contributed by atoms with van der Waals surface area (Å²) in [6.45, 7) is -0.381. The molecule has 3 N–H and O–H groups in total. The van der Waals surface area contributed by atoms with Crippen LogP contribution in [0.25, 0.3) is 0 Å². The fourth-order valence-electron chi connectivity index (χ4n) is 1.40. The number of nitrogens with zero attached hydrogens (tertiary/aromatic N) is 3. The Labute approximate surface area is 110 Å². The summed E-state index contributed by atoms with van der Waals surface area (Å²) >= 11 is 0. The Kier molecular flexibility index (Phi) is 5.68. The number of anilines is 1. The number of carbonyl (C=O) groups is 2. The smallest absolute Gasteiger partial charge is 0.326 e. The fourth-order valence-corrected chi connectivity index (χ4v) is 1.40. The van der Waals surface area contributed by atoms with E-state index in [9.17, 15) is 9.59 Å². The van der Waals surface area contributed by atoms with E-state index >= 15 is 0 Å². The maximum absolute atomic E-state index is 11.7. The summed E-state index contributed by atoms with van der Waals surface area (Å²) in [5.74, 6) is -1.29. The molecular weight excluding hydrogens is 252 g/mol. The number of likely N-dealkylation sites (N-methyl/N-ethyl adjacent to an activating group) is 1. The maximum Gasteiger partial charge on any atom is 0.326 e. The molecule has 0 unspecified atom stereocenters. The zero-order valence-corrected chi connectivity index (χ0v) is 10.5. The highest BCUT2D eigenvalue weighted by molar-refractivity contribution is 5.86. The number of hydrogen-bond acceptors (Lipinski definition) is 6. The van der Waals surface area contributed by atoms with Crippen LogP contribution < -0.4 is 10.2 Å². The molecule has 8 nitrogen and oxygen atoms in total. The van der Waals surface area contributed by atoms with Crippen LogP contribution in [0.15, 0.2) is 18.5 Å². The molecule has 1 rings (SSSR count). The first-order valence-corrected chi connectivity index (χ1v) is 5.65. The minimum Gasteiger partial charge on any atom is -0.480 e. The zero-order valence-electron chi connectivity index (χ0n) is 10.5. The van der Waals surface area contributed by atoms with Gasteiger partial charge in [-0.1, -0.05) is 0 Å². The summed E-state index contributed by atoms with van der Waals surface area (Å²) in [5.41, 5.74) is 0. The molecule has 19 heavy (non-hydrogen) atoms. The number of carbonyl (C=O) groups excluding carboxylic acids is 1. The van der Waals surface area contributed by atoms with Crippen molar-refractivity contribution in [3.05, 3.63) is 18.5 Å². The highest BCUT2D eigenvalue weighted by Crippen LogP contribution is 2.01. The summed E-state index contributed by atoms with van der Waals surface area (Å²) in [4.78, 5) is 31.9. The van der Waals surface area contributed by atoms with Crippen LogP contribution >= 0.6 is 0 Å². The van der Waals surface area contributed by atoms with Gasteiger partial charge in [0.05, 0.1) is 6.54 Å². The van der Waals surface area contributed by atoms with Gasteiger partial charge in [0.1, 0.15) is 6.04 Å². The molecule has 0 bridgehead atoms. The van der Waals surface area contributed by atoms with E-state index in [4.69, 9.17) is 10.2 Å². The lowest BCUT2D eigenvalue weighted by molar-refractivity contribution is -0.142. The van der Waals surface area contributed by atoms with E-state index in [1.807, 2.05) is 0 Å². The summed E-state index contributed by atoms with van der Waals surface area (Å²) in [5, 5.41) is 19.9. The molecular formula is C11H16N4O4. The lowest BCUT2D eigenvalue weighted by Gasteiger charge is -2.18. The molecule has 0 fully saturated rings. The lowest BCUT2D eigenvalue weighted by atomic mass is 10.2. The summed E-state index contributed by atoms with van der Waals surface area (Å²) < 4.78 is 0. The third kappa shape index (κ3) is 4.88. The molecule has 1 aromatic heterocycles. The van der Waals surface area contributed by atoms with Crippen molar-refractivity contribution >= 4 is 17.8 Å². The minimum atomic E-state index is -1.18. The number of amides is 1. The Hall–Kier alpha value is -2.22. The number of nitrogens with one attached hydrogen (secondary N) is 1. The molecule has 1 aromatic rings. The number of rotatable bonds is 7. The average molecular weight is 268 g/mol. The molecule has 0 aliphatic rings. The first-order valence-electron chi connectivity index (χ1n) is 5.65. The monoisotopic (exact) mass is 268 g/mol. The van der Waals surface area contributed by atoms with Gasteiger partial charge in [0.25, 0.3) is 0 Å². The second-order valence-electron chi connectivity index (χ2n) is 3.88. The Balaban J connectivity index is 2.52. The lowest BCUT2D eigenvalue weighted by Crippen LogP contribution is -2.45. The van der Waals surface area contributed by atoms with Crippen molar-refractivity contribution < 1.29 is 19.8 Å². The van der Waals surface area contributed by atoms with Crippen LogP contribution in [0, 0.1) is 0 Å². The first-order chi connectivity index (χ1) is 9.04. The summed E-state index contributed by atoms with van der Waals surface area (Å²) in [6, 6.07) is 0.557. The highest BCUT2D eigenvalue weighted by Gasteiger charge is 2.20. The molecule has 0 saturated carbocycles. The van der Waals surface area contributed by atoms with E-state index in [0.717, 1.165) is 0 Å². The zero-order chi connectivity index (χ0) is 14.3. The fraction of sp³-hybridized carbons (Fsp3) is 0.455. The van der Waals surface area contributed by atoms with Crippen molar-refractivity contribution in [1.82, 2.24) is 15.3 Å². The van der Waals surface area contributed by atoms with Gasteiger partial charge in [-0.3, -0.25) is 4.79 Å². The van der Waals surface area contributed by atoms with Crippen LogP contribution in [-0.4, -0.2) is 58.3 Å². The first kappa shape index (κ1) is 14.8. The molecule has 0 aromatic carbocycles. The average Bonchev–Trinajstić information content (AvgIpc) is 2.39. The number of carboxylic acids is 1. The van der Waals surface area contributed by atoms with Gasteiger partial charge >= 0.3 is 5.97 Å². The van der Waals surface area contributed by atoms with E-state index in [1.165, 1.54) is 4.90 Å². The van der Waals surface area contributed by atoms with Crippen LogP contribution in [-0.2, 0) is 9.59 Å². The van der Waals surface area contributed by atoms with Crippen molar-refractivity contribution in [3.63, 3.8) is 0 Å². The number of aliphatic carboxylic acids is 1. The number of aromatic nitrogens is 2. The number of aliphatic hydroxyl groups excluding tert-OH is 1. The van der Waals surface area contributed by atoms with Gasteiger partial charge in [-0.2, -0.15) is 0 Å². The Morgan fingerprint density at radius 2 is 2.05 bits per heavy atom. The van der Waals surface area contributed by atoms with Crippen molar-refractivity contribution in [3.8, 4) is 0 Å². The Bertz CT molecular complexity index is 426. The quantitative estimate of drug-likeness (QED) is 0.572. The largest absolute Gasteiger partial charge is 0.480 e. The third-order valence-corrected chi connectivity index (χ3v) is 2.33. The van der Waals surface area contributed by atoms with Gasteiger partial charge in [0, 0.05) is 32.5 Å². The predicted molar refractivity (Wildman–Crippen MR) is 66.6 cm³/mol. The van der Waals surface area contributed by atoms with Gasteiger partial charge in [0.15, 0.2) is 0 Å². The van der Waals surface area contributed by atoms with Gasteiger partial charge in [-0.15, -0.1) is 0 Å². The van der Waals surface area contributed by atoms with E-state index in [0.29, 0.717) is 5.95 Å². The predicted octanol–water partition coefficient (Wildman–Crippen LogP) is -1.14. The van der Waals surface area contributed by atoms with Gasteiger partial charge in [-0.25, -0.2) is 14.8 Å². The number of carboxylic acid groups (broad SMARTS) is 1. The Morgan fingerprint density at radius 3 is 2.58 bits per heavy atom. The second-order valence-corrected chi connectivity index (χ2v) is 3.88. The Morgan fingerprint density at radius 1 is 1.42 bits per heavy atom. The van der Waals surface area contributed by atoms with Gasteiger partial charge in [-0.05, 0) is 6.07 Å². The third-order valence-electron chi connectivity index (χ3n) is 2.33. The van der Waals surface area contributed by atoms with Crippen LogP contribution in [0.2, 0.25) is 0 Å². The van der Waals surface area contributed by atoms with E-state index in [-0.39, 0.29) is 19.6 Å². The molecule has 104 valence electrons. The van der Waals surface area contributed by atoms with Crippen molar-refractivity contribution in [1.29, 1.82) is 0 Å². The van der Waals surface area contributed by atoms with E-state index in [1.54, 1.807) is 25.5 Å². The standard InChI is InChI=1S/C11H16N4O4/c1-15(11-12-4-2-5-13-11)7-9(17)14-8(3-6-16)10(18)19/h2,4-5,8,16H,3,6-7H2,1H3,(H,14,17)(H,18,19)/t8-/m0/s1. The highest BCUT2D eigenvalue weighted by atomic mass is 16.4. The normalized spacial score (nSPS) is 11.7. The summed E-state index contributed by atoms with van der Waals surface area (Å²) in [6.07, 6.45) is 3.05. The molecule has 0 aliphatic heterocycles. The second kappa shape index (κ2) is 7.27. The molecule has 1 heterocycles. The van der Waals surface area contributed by atoms with Crippen LogP contribution in [0.1, 0.15) is 6.42 Å². The SMILES string of the molecule is CN(CC(=O)N[C@@H](CCO)C(=O)O)c1ncccn1. The molecule has 0 aliphatic carbocycles. The van der Waals surface area contributed by atoms with Crippen LogP contribution in [0.4, 0.5) is 5.95 Å². The molecule has 0 spiro atoms. The van der Waals surface area contributed by atoms with Crippen molar-refractivity contribution in [2.75, 3.05) is 25.1 Å². The van der Waals surface area contributed by atoms with Crippen LogP contribution in [0.5, 0.6) is 0 Å². The molecule has 0 saturated heterocycles. The van der Waals surface area contributed by atoms with Crippen molar-refractivity contribution in [2.24, 2.45) is 0 Å². The van der Waals surface area contributed by atoms with E-state index < -0.39 is 17.9 Å². The summed E-state index contributed by atoms with van der Waals surface area (Å²) in [7, 11) is 1.62. The molecule has 0 radical (unpaired) electrons. The van der Waals surface area contributed by atoms with E-state index in [2.05, 4.69) is 15.3 Å². The molecule has 8 heteroatoms. The maximum atomic E-state index is 11.7. The van der Waals surface area contributed by atoms with Gasteiger partial charge < -0.3 is 20.4 Å². The van der Waals surface area contributed by atoms with Gasteiger partial charge in [0.2, 0.25) is 11.9 Å². The van der Waals surface area contributed by atoms with Crippen molar-refractivity contribution in [2.45, 2.75) is 12.5 Å². The molecule has 1 amide bonds. The number of hydrogen-bond donors (Lipinski definition) is 3. The topological polar surface area (TPSA) is 116 Å². The molecule has 1 atom stereocenters. The number of aliphatic hydroxyl groups is 1. The minimum absolute atomic E-state index is 0.0351.